The lowest BCUT2D eigenvalue weighted by Crippen LogP contribution is -2.37. The largest absolute Gasteiger partial charge is 0.356 e. The second-order valence-electron chi connectivity index (χ2n) is 6.11. The summed E-state index contributed by atoms with van der Waals surface area (Å²) in [4.78, 5) is 4.50. The van der Waals surface area contributed by atoms with Gasteiger partial charge in [-0.05, 0) is 48.2 Å². The first kappa shape index (κ1) is 25.0. The maximum Gasteiger partial charge on any atom is 0.191 e. The van der Waals surface area contributed by atoms with Crippen molar-refractivity contribution in [1.82, 2.24) is 10.6 Å². The van der Waals surface area contributed by atoms with E-state index in [1.165, 1.54) is 6.26 Å². The van der Waals surface area contributed by atoms with Gasteiger partial charge in [-0.25, -0.2) is 8.42 Å². The van der Waals surface area contributed by atoms with Crippen LogP contribution in [0.1, 0.15) is 17.5 Å². The summed E-state index contributed by atoms with van der Waals surface area (Å²) in [7, 11) is -1.47. The monoisotopic (exact) mass is 555 g/mol. The number of aliphatic imine (C=N–C) groups is 1. The number of nitrogens with zero attached hydrogens (tertiary/aromatic N) is 1. The number of rotatable bonds is 7. The number of halogens is 3. The number of guanidine groups is 1. The highest BCUT2D eigenvalue weighted by Crippen LogP contribution is 2.21. The van der Waals surface area contributed by atoms with E-state index < -0.39 is 9.84 Å². The Balaban J connectivity index is 0.00000392. The molecule has 2 aromatic rings. The smallest absolute Gasteiger partial charge is 0.191 e. The molecule has 0 unspecified atom stereocenters. The van der Waals surface area contributed by atoms with Crippen LogP contribution in [0.3, 0.4) is 0 Å². The number of sulfone groups is 1. The minimum atomic E-state index is -3.17. The molecule has 0 aliphatic rings. The van der Waals surface area contributed by atoms with Gasteiger partial charge >= 0.3 is 0 Å². The number of benzene rings is 2. The maximum atomic E-state index is 11.5. The van der Waals surface area contributed by atoms with Gasteiger partial charge in [0.05, 0.1) is 4.90 Å². The van der Waals surface area contributed by atoms with E-state index in [1.54, 1.807) is 37.4 Å². The Bertz CT molecular complexity index is 904. The second-order valence-corrected chi connectivity index (χ2v) is 8.97. The summed E-state index contributed by atoms with van der Waals surface area (Å²) < 4.78 is 23.0. The summed E-state index contributed by atoms with van der Waals surface area (Å²) in [6, 6.07) is 12.3. The van der Waals surface area contributed by atoms with Crippen LogP contribution >= 0.6 is 47.2 Å². The third-order valence-electron chi connectivity index (χ3n) is 3.97. The first-order valence-corrected chi connectivity index (χ1v) is 11.1. The van der Waals surface area contributed by atoms with E-state index in [-0.39, 0.29) is 24.0 Å². The molecule has 0 saturated carbocycles. The zero-order valence-electron chi connectivity index (χ0n) is 15.7. The van der Waals surface area contributed by atoms with Crippen LogP contribution in [0.25, 0.3) is 0 Å². The molecule has 9 heteroatoms. The van der Waals surface area contributed by atoms with Crippen molar-refractivity contribution < 1.29 is 8.42 Å². The van der Waals surface area contributed by atoms with Crippen LogP contribution in [-0.4, -0.2) is 34.2 Å². The lowest BCUT2D eigenvalue weighted by molar-refractivity contribution is 0.602. The number of nitrogens with one attached hydrogen (secondary N) is 2. The molecule has 28 heavy (non-hydrogen) atoms. The van der Waals surface area contributed by atoms with Gasteiger partial charge in [-0.1, -0.05) is 41.4 Å². The van der Waals surface area contributed by atoms with Crippen LogP contribution in [-0.2, 0) is 22.8 Å². The van der Waals surface area contributed by atoms with E-state index in [0.29, 0.717) is 27.4 Å². The van der Waals surface area contributed by atoms with Crippen molar-refractivity contribution in [3.8, 4) is 0 Å². The van der Waals surface area contributed by atoms with E-state index in [1.807, 2.05) is 12.1 Å². The van der Waals surface area contributed by atoms with Gasteiger partial charge in [0.1, 0.15) is 0 Å². The van der Waals surface area contributed by atoms with Crippen molar-refractivity contribution in [1.29, 1.82) is 0 Å². The summed E-state index contributed by atoms with van der Waals surface area (Å²) in [5.74, 6) is 0.685. The lowest BCUT2D eigenvalue weighted by atomic mass is 10.1. The molecule has 2 N–H and O–H groups in total. The van der Waals surface area contributed by atoms with E-state index in [4.69, 9.17) is 23.2 Å². The first-order chi connectivity index (χ1) is 12.8. The van der Waals surface area contributed by atoms with E-state index >= 15 is 0 Å². The number of hydrogen-bond donors (Lipinski definition) is 2. The summed E-state index contributed by atoms with van der Waals surface area (Å²) >= 11 is 12.1. The van der Waals surface area contributed by atoms with Crippen LogP contribution in [0.15, 0.2) is 52.4 Å². The normalized spacial score (nSPS) is 11.6. The Hall–Kier alpha value is -1.03. The second kappa shape index (κ2) is 11.8. The molecule has 0 aliphatic carbocycles. The van der Waals surface area contributed by atoms with Crippen LogP contribution in [0.2, 0.25) is 10.0 Å². The highest BCUT2D eigenvalue weighted by Gasteiger charge is 2.06. The molecule has 0 amide bonds. The fourth-order valence-corrected chi connectivity index (χ4v) is 3.60. The van der Waals surface area contributed by atoms with Crippen molar-refractivity contribution in [3.63, 3.8) is 0 Å². The molecule has 154 valence electrons. The van der Waals surface area contributed by atoms with Gasteiger partial charge in [0, 0.05) is 36.4 Å². The van der Waals surface area contributed by atoms with Crippen molar-refractivity contribution in [3.05, 3.63) is 63.6 Å². The third kappa shape index (κ3) is 8.14. The molecule has 5 nitrogen and oxygen atoms in total. The predicted molar refractivity (Wildman–Crippen MR) is 128 cm³/mol. The minimum Gasteiger partial charge on any atom is -0.356 e. The summed E-state index contributed by atoms with van der Waals surface area (Å²) in [5.41, 5.74) is 2.04. The van der Waals surface area contributed by atoms with E-state index in [2.05, 4.69) is 15.6 Å². The molecule has 0 bridgehead atoms. The summed E-state index contributed by atoms with van der Waals surface area (Å²) in [6.07, 6.45) is 2.93. The fraction of sp³-hybridized carbons (Fsp3) is 0.316. The predicted octanol–water partition coefficient (Wildman–Crippen LogP) is 4.31. The Labute approximate surface area is 193 Å². The van der Waals surface area contributed by atoms with Gasteiger partial charge in [0.25, 0.3) is 0 Å². The van der Waals surface area contributed by atoms with E-state index in [9.17, 15) is 8.42 Å². The Morgan fingerprint density at radius 2 is 1.75 bits per heavy atom. The van der Waals surface area contributed by atoms with Crippen molar-refractivity contribution >= 4 is 63.0 Å². The maximum absolute atomic E-state index is 11.5. The standard InChI is InChI=1S/C19H23Cl2N3O2S.HI/c1-22-19(23-11-3-4-15-7-8-16(20)12-18(15)21)24-13-14-5-9-17(10-6-14)27(2,25)26;/h5-10,12H,3-4,11,13H2,1-2H3,(H2,22,23,24);1H. The third-order valence-corrected chi connectivity index (χ3v) is 5.68. The Morgan fingerprint density at radius 1 is 1.07 bits per heavy atom. The molecule has 2 rings (SSSR count). The zero-order valence-corrected chi connectivity index (χ0v) is 20.4. The Morgan fingerprint density at radius 3 is 2.32 bits per heavy atom. The molecular weight excluding hydrogens is 532 g/mol. The van der Waals surface area contributed by atoms with Gasteiger partial charge in [-0.15, -0.1) is 24.0 Å². The molecule has 0 spiro atoms. The molecule has 0 radical (unpaired) electrons. The molecule has 2 aromatic carbocycles. The fourth-order valence-electron chi connectivity index (χ4n) is 2.47. The quantitative estimate of drug-likeness (QED) is 0.231. The zero-order chi connectivity index (χ0) is 19.9. The average Bonchev–Trinajstić information content (AvgIpc) is 2.62. The van der Waals surface area contributed by atoms with Gasteiger partial charge in [0.2, 0.25) is 0 Å². The van der Waals surface area contributed by atoms with Crippen molar-refractivity contribution in [2.24, 2.45) is 4.99 Å². The molecule has 0 fully saturated rings. The van der Waals surface area contributed by atoms with Gasteiger partial charge in [0.15, 0.2) is 15.8 Å². The highest BCUT2D eigenvalue weighted by molar-refractivity contribution is 14.0. The molecule has 0 atom stereocenters. The lowest BCUT2D eigenvalue weighted by Gasteiger charge is -2.12. The van der Waals surface area contributed by atoms with Gasteiger partial charge in [-0.3, -0.25) is 4.99 Å². The molecular formula is C19H24Cl2IN3O2S. The number of hydrogen-bond acceptors (Lipinski definition) is 3. The molecule has 0 heterocycles. The first-order valence-electron chi connectivity index (χ1n) is 8.47. The molecule has 0 aromatic heterocycles. The molecule has 0 aliphatic heterocycles. The minimum absolute atomic E-state index is 0. The van der Waals surface area contributed by atoms with Crippen LogP contribution < -0.4 is 10.6 Å². The molecule has 0 saturated heterocycles. The average molecular weight is 556 g/mol. The van der Waals surface area contributed by atoms with Crippen molar-refractivity contribution in [2.45, 2.75) is 24.3 Å². The van der Waals surface area contributed by atoms with Crippen LogP contribution in [0.5, 0.6) is 0 Å². The van der Waals surface area contributed by atoms with Crippen LogP contribution in [0, 0.1) is 0 Å². The van der Waals surface area contributed by atoms with Crippen molar-refractivity contribution in [2.75, 3.05) is 19.8 Å². The highest BCUT2D eigenvalue weighted by atomic mass is 127. The number of aryl methyl sites for hydroxylation is 1. The SMILES string of the molecule is CN=C(NCCCc1ccc(Cl)cc1Cl)NCc1ccc(S(C)(=O)=O)cc1.I. The summed E-state index contributed by atoms with van der Waals surface area (Å²) in [5, 5.41) is 7.78. The topological polar surface area (TPSA) is 70.6 Å². The van der Waals surface area contributed by atoms with Gasteiger partial charge < -0.3 is 10.6 Å². The van der Waals surface area contributed by atoms with Crippen LogP contribution in [0.4, 0.5) is 0 Å². The van der Waals surface area contributed by atoms with E-state index in [0.717, 1.165) is 30.5 Å². The Kier molecular flexibility index (Phi) is 10.6. The summed E-state index contributed by atoms with van der Waals surface area (Å²) in [6.45, 7) is 1.29. The van der Waals surface area contributed by atoms with Gasteiger partial charge in [-0.2, -0.15) is 0 Å².